The van der Waals surface area contributed by atoms with Crippen LogP contribution in [0.3, 0.4) is 0 Å². The van der Waals surface area contributed by atoms with Gasteiger partial charge >= 0.3 is 0 Å². The fraction of sp³-hybridized carbons (Fsp3) is 0.100. The molecule has 0 saturated carbocycles. The maximum Gasteiger partial charge on any atom is 0.110 e. The van der Waals surface area contributed by atoms with Crippen molar-refractivity contribution in [2.24, 2.45) is 0 Å². The predicted octanol–water partition coefficient (Wildman–Crippen LogP) is 4.28. The summed E-state index contributed by atoms with van der Waals surface area (Å²) in [6.45, 7) is 4.70. The molecule has 2 aromatic carbocycles. The Balaban J connectivity index is 2.05. The van der Waals surface area contributed by atoms with Crippen molar-refractivity contribution < 1.29 is 0 Å². The second kappa shape index (κ2) is 5.73. The third-order valence-electron chi connectivity index (χ3n) is 3.78. The molecule has 1 atom stereocenters. The maximum atomic E-state index is 5.75. The number of benzene rings is 2. The van der Waals surface area contributed by atoms with Crippen LogP contribution < -0.4 is 4.90 Å². The number of rotatable bonds is 3. The van der Waals surface area contributed by atoms with Gasteiger partial charge in [-0.25, -0.2) is 0 Å². The molecule has 21 heavy (non-hydrogen) atoms. The van der Waals surface area contributed by atoms with Crippen molar-refractivity contribution in [3.05, 3.63) is 84.5 Å². The molecule has 0 saturated heterocycles. The van der Waals surface area contributed by atoms with Crippen molar-refractivity contribution in [2.75, 3.05) is 4.90 Å². The average Bonchev–Trinajstić information content (AvgIpc) is 2.56. The van der Waals surface area contributed by atoms with Crippen LogP contribution in [0, 0.1) is 12.3 Å². The van der Waals surface area contributed by atoms with Crippen molar-refractivity contribution in [2.45, 2.75) is 12.6 Å². The number of fused-ring (bicyclic) bond motifs is 1. The number of hydrogen-bond donors (Lipinski definition) is 0. The van der Waals surface area contributed by atoms with E-state index in [0.29, 0.717) is 0 Å². The quantitative estimate of drug-likeness (QED) is 0.753. The van der Waals surface area contributed by atoms with Gasteiger partial charge < -0.3 is 4.90 Å². The van der Waals surface area contributed by atoms with E-state index in [-0.39, 0.29) is 6.04 Å². The lowest BCUT2D eigenvalue weighted by molar-refractivity contribution is 0.788. The van der Waals surface area contributed by atoms with Gasteiger partial charge in [-0.2, -0.15) is 0 Å². The minimum atomic E-state index is -0.0480. The maximum absolute atomic E-state index is 5.75. The average molecular weight is 271 g/mol. The molecule has 3 rings (SSSR count). The summed E-state index contributed by atoms with van der Waals surface area (Å²) in [4.78, 5) is 2.26. The Morgan fingerprint density at radius 1 is 1.10 bits per heavy atom. The number of anilines is 1. The van der Waals surface area contributed by atoms with Gasteiger partial charge in [-0.05, 0) is 23.3 Å². The highest BCUT2D eigenvalue weighted by Crippen LogP contribution is 2.35. The Morgan fingerprint density at radius 2 is 1.81 bits per heavy atom. The molecular formula is C20H17N. The summed E-state index contributed by atoms with van der Waals surface area (Å²) in [6, 6.07) is 18.7. The normalized spacial score (nSPS) is 16.6. The molecule has 0 aromatic heterocycles. The second-order valence-electron chi connectivity index (χ2n) is 5.07. The van der Waals surface area contributed by atoms with Crippen LogP contribution in [0.15, 0.2) is 73.3 Å². The van der Waals surface area contributed by atoms with E-state index >= 15 is 0 Å². The highest BCUT2D eigenvalue weighted by molar-refractivity contribution is 5.86. The molecule has 2 aromatic rings. The molecule has 0 aliphatic carbocycles. The Morgan fingerprint density at radius 3 is 2.52 bits per heavy atom. The van der Waals surface area contributed by atoms with Crippen molar-refractivity contribution in [1.82, 2.24) is 0 Å². The Hall–Kier alpha value is -2.72. The molecule has 1 aliphatic heterocycles. The molecule has 0 amide bonds. The minimum absolute atomic E-state index is 0.0480. The molecule has 0 fully saturated rings. The molecule has 1 nitrogen and oxygen atoms in total. The zero-order chi connectivity index (χ0) is 14.7. The lowest BCUT2D eigenvalue weighted by Crippen LogP contribution is -2.35. The molecule has 1 unspecified atom stereocenters. The Bertz CT molecular complexity index is 719. The first kappa shape index (κ1) is 13.3. The van der Waals surface area contributed by atoms with E-state index in [2.05, 4.69) is 65.9 Å². The lowest BCUT2D eigenvalue weighted by atomic mass is 9.94. The predicted molar refractivity (Wildman–Crippen MR) is 89.9 cm³/mol. The third-order valence-corrected chi connectivity index (χ3v) is 3.78. The van der Waals surface area contributed by atoms with Crippen LogP contribution in [0.5, 0.6) is 0 Å². The minimum Gasteiger partial charge on any atom is -0.349 e. The van der Waals surface area contributed by atoms with Gasteiger partial charge in [-0.3, -0.25) is 0 Å². The van der Waals surface area contributed by atoms with E-state index in [4.69, 9.17) is 6.42 Å². The standard InChI is InChI=1S/C20H17N/c1-3-17-14-18(4-2)21(15-16-10-6-5-7-11-16)20-13-9-8-12-19(17)20/h2-3,5-14,18H,1,15H2. The molecule has 1 heteroatoms. The van der Waals surface area contributed by atoms with E-state index in [0.717, 1.165) is 12.1 Å². The topological polar surface area (TPSA) is 3.24 Å². The van der Waals surface area contributed by atoms with E-state index in [9.17, 15) is 0 Å². The van der Waals surface area contributed by atoms with Crippen LogP contribution in [0.4, 0.5) is 5.69 Å². The van der Waals surface area contributed by atoms with Gasteiger partial charge in [-0.15, -0.1) is 6.42 Å². The van der Waals surface area contributed by atoms with E-state index < -0.39 is 0 Å². The number of hydrogen-bond acceptors (Lipinski definition) is 1. The molecule has 102 valence electrons. The first-order valence-corrected chi connectivity index (χ1v) is 7.04. The number of allylic oxidation sites excluding steroid dienone is 2. The van der Waals surface area contributed by atoms with Crippen molar-refractivity contribution in [3.8, 4) is 12.3 Å². The summed E-state index contributed by atoms with van der Waals surface area (Å²) in [5.41, 5.74) is 4.72. The second-order valence-corrected chi connectivity index (χ2v) is 5.07. The largest absolute Gasteiger partial charge is 0.349 e. The molecule has 0 N–H and O–H groups in total. The van der Waals surface area contributed by atoms with Gasteiger partial charge in [0.05, 0.1) is 0 Å². The molecule has 0 spiro atoms. The summed E-state index contributed by atoms with van der Waals surface area (Å²) < 4.78 is 0. The summed E-state index contributed by atoms with van der Waals surface area (Å²) in [5, 5.41) is 0. The van der Waals surface area contributed by atoms with Crippen LogP contribution in [0.1, 0.15) is 11.1 Å². The van der Waals surface area contributed by atoms with Crippen molar-refractivity contribution in [3.63, 3.8) is 0 Å². The van der Waals surface area contributed by atoms with Gasteiger partial charge in [0.15, 0.2) is 0 Å². The summed E-state index contributed by atoms with van der Waals surface area (Å²) in [5.74, 6) is 2.88. The lowest BCUT2D eigenvalue weighted by Gasteiger charge is -2.35. The van der Waals surface area contributed by atoms with Crippen LogP contribution in [-0.4, -0.2) is 6.04 Å². The summed E-state index contributed by atoms with van der Waals surface area (Å²) in [7, 11) is 0. The van der Waals surface area contributed by atoms with E-state index in [1.807, 2.05) is 18.2 Å². The fourth-order valence-corrected chi connectivity index (χ4v) is 2.75. The highest BCUT2D eigenvalue weighted by Gasteiger charge is 2.23. The monoisotopic (exact) mass is 271 g/mol. The van der Waals surface area contributed by atoms with Gasteiger partial charge in [0.2, 0.25) is 0 Å². The third kappa shape index (κ3) is 2.49. The number of para-hydroxylation sites is 1. The molecule has 1 aliphatic rings. The first-order chi connectivity index (χ1) is 10.3. The SMILES string of the molecule is C#CC1C=C(C=C)c2ccccc2N1Cc1ccccc1. The molecule has 0 bridgehead atoms. The molecule has 0 radical (unpaired) electrons. The van der Waals surface area contributed by atoms with Gasteiger partial charge in [-0.1, -0.05) is 67.1 Å². The highest BCUT2D eigenvalue weighted by atomic mass is 15.2. The molecule has 1 heterocycles. The van der Waals surface area contributed by atoms with E-state index in [1.54, 1.807) is 0 Å². The first-order valence-electron chi connectivity index (χ1n) is 7.04. The van der Waals surface area contributed by atoms with Gasteiger partial charge in [0.1, 0.15) is 6.04 Å². The van der Waals surface area contributed by atoms with Gasteiger partial charge in [0, 0.05) is 17.8 Å². The van der Waals surface area contributed by atoms with Crippen molar-refractivity contribution in [1.29, 1.82) is 0 Å². The fourth-order valence-electron chi connectivity index (χ4n) is 2.75. The zero-order valence-corrected chi connectivity index (χ0v) is 11.9. The smallest absolute Gasteiger partial charge is 0.110 e. The zero-order valence-electron chi connectivity index (χ0n) is 11.9. The van der Waals surface area contributed by atoms with Crippen LogP contribution in [0.25, 0.3) is 5.57 Å². The van der Waals surface area contributed by atoms with Crippen LogP contribution in [-0.2, 0) is 6.54 Å². The van der Waals surface area contributed by atoms with Crippen molar-refractivity contribution >= 4 is 11.3 Å². The van der Waals surface area contributed by atoms with Crippen LogP contribution in [0.2, 0.25) is 0 Å². The van der Waals surface area contributed by atoms with Crippen LogP contribution >= 0.6 is 0 Å². The summed E-state index contributed by atoms with van der Waals surface area (Å²) in [6.07, 6.45) is 9.74. The van der Waals surface area contributed by atoms with E-state index in [1.165, 1.54) is 16.8 Å². The summed E-state index contributed by atoms with van der Waals surface area (Å²) >= 11 is 0. The molecular weight excluding hydrogens is 254 g/mol. The number of nitrogens with zero attached hydrogens (tertiary/aromatic N) is 1. The Labute approximate surface area is 126 Å². The number of terminal acetylenes is 1. The van der Waals surface area contributed by atoms with Gasteiger partial charge in [0.25, 0.3) is 0 Å². The Kier molecular flexibility index (Phi) is 3.62.